The van der Waals surface area contributed by atoms with E-state index in [0.29, 0.717) is 40.7 Å². The molecule has 0 saturated carbocycles. The van der Waals surface area contributed by atoms with Gasteiger partial charge in [-0.25, -0.2) is 8.42 Å². The number of anilines is 1. The van der Waals surface area contributed by atoms with Gasteiger partial charge >= 0.3 is 5.97 Å². The molecule has 2 aromatic carbocycles. The zero-order chi connectivity index (χ0) is 28.7. The number of fused-ring (bicyclic) bond motifs is 1. The quantitative estimate of drug-likeness (QED) is 0.206. The molecule has 4 aromatic rings. The number of halogens is 1. The van der Waals surface area contributed by atoms with Gasteiger partial charge in [0, 0.05) is 13.0 Å². The van der Waals surface area contributed by atoms with Crippen LogP contribution >= 0.6 is 22.9 Å². The number of thiophene rings is 1. The van der Waals surface area contributed by atoms with Crippen LogP contribution in [0.2, 0.25) is 4.34 Å². The lowest BCUT2D eigenvalue weighted by Crippen LogP contribution is -2.23. The second kappa shape index (κ2) is 13.2. The van der Waals surface area contributed by atoms with Crippen molar-refractivity contribution < 1.29 is 27.5 Å². The van der Waals surface area contributed by atoms with Crippen LogP contribution in [0.15, 0.2) is 58.8 Å². The molecule has 0 unspecified atom stereocenters. The summed E-state index contributed by atoms with van der Waals surface area (Å²) in [5.41, 5.74) is 2.43. The Labute approximate surface area is 241 Å². The van der Waals surface area contributed by atoms with Crippen molar-refractivity contribution in [1.29, 1.82) is 0 Å². The fourth-order valence-corrected chi connectivity index (χ4v) is 6.47. The average Bonchev–Trinajstić information content (AvgIpc) is 3.53. The molecule has 2 heterocycles. The molecule has 10 nitrogen and oxygen atoms in total. The van der Waals surface area contributed by atoms with Gasteiger partial charge in [-0.2, -0.15) is 5.10 Å². The predicted octanol–water partition coefficient (Wildman–Crippen LogP) is 4.96. The molecule has 0 aliphatic carbocycles. The van der Waals surface area contributed by atoms with Crippen molar-refractivity contribution in [1.82, 2.24) is 15.1 Å². The zero-order valence-electron chi connectivity index (χ0n) is 22.0. The van der Waals surface area contributed by atoms with E-state index in [-0.39, 0.29) is 34.7 Å². The number of amides is 1. The van der Waals surface area contributed by atoms with Crippen molar-refractivity contribution in [3.63, 3.8) is 0 Å². The molecule has 212 valence electrons. The van der Waals surface area contributed by atoms with Crippen LogP contribution < -0.4 is 14.8 Å². The highest BCUT2D eigenvalue weighted by Crippen LogP contribution is 2.35. The largest absolute Gasteiger partial charge is 0.496 e. The van der Waals surface area contributed by atoms with Crippen LogP contribution in [0.5, 0.6) is 5.75 Å². The standard InChI is InChI=1S/C27H29ClN4O6S2/c1-3-14-38-24(34)12-11-23(33)29-16-18-6-4-7-19(15-18)17-32-20-8-5-9-21(37-2)26(20)27(30-32)31-40(35,36)25-13-10-22(28)39-25/h4-10,13,15H,3,11-12,14,16-17H2,1-2H3,(H,29,33)(H,30,31). The highest BCUT2D eigenvalue weighted by molar-refractivity contribution is 7.94. The first-order valence-electron chi connectivity index (χ1n) is 12.5. The fraction of sp³-hybridized carbons (Fsp3) is 0.296. The number of rotatable bonds is 13. The van der Waals surface area contributed by atoms with Gasteiger partial charge < -0.3 is 14.8 Å². The van der Waals surface area contributed by atoms with E-state index in [1.165, 1.54) is 19.2 Å². The normalized spacial score (nSPS) is 11.4. The molecule has 2 aromatic heterocycles. The fourth-order valence-electron chi connectivity index (χ4n) is 3.98. The molecular weight excluding hydrogens is 576 g/mol. The van der Waals surface area contributed by atoms with Gasteiger partial charge in [0.2, 0.25) is 5.91 Å². The summed E-state index contributed by atoms with van der Waals surface area (Å²) in [5.74, 6) is -0.0190. The molecule has 0 radical (unpaired) electrons. The van der Waals surface area contributed by atoms with Gasteiger partial charge in [0.15, 0.2) is 5.82 Å². The third-order valence-electron chi connectivity index (χ3n) is 5.84. The molecule has 0 fully saturated rings. The number of benzene rings is 2. The summed E-state index contributed by atoms with van der Waals surface area (Å²) < 4.78 is 41.2. The summed E-state index contributed by atoms with van der Waals surface area (Å²) in [6.07, 6.45) is 0.824. The van der Waals surface area contributed by atoms with E-state index in [0.717, 1.165) is 28.9 Å². The van der Waals surface area contributed by atoms with Crippen molar-refractivity contribution in [2.75, 3.05) is 18.4 Å². The van der Waals surface area contributed by atoms with Crippen molar-refractivity contribution in [2.45, 2.75) is 43.5 Å². The monoisotopic (exact) mass is 604 g/mol. The molecule has 0 spiro atoms. The van der Waals surface area contributed by atoms with Gasteiger partial charge in [-0.3, -0.25) is 19.0 Å². The number of nitrogens with zero attached hydrogens (tertiary/aromatic N) is 2. The molecule has 0 bridgehead atoms. The lowest BCUT2D eigenvalue weighted by molar-refractivity contribution is -0.145. The van der Waals surface area contributed by atoms with Crippen LogP contribution in [0, 0.1) is 0 Å². The number of hydrogen-bond acceptors (Lipinski definition) is 8. The molecule has 0 saturated heterocycles. The van der Waals surface area contributed by atoms with E-state index in [1.54, 1.807) is 16.8 Å². The Hall–Kier alpha value is -3.61. The first kappa shape index (κ1) is 29.4. The molecule has 0 aliphatic rings. The van der Waals surface area contributed by atoms with Crippen molar-refractivity contribution in [3.8, 4) is 5.75 Å². The lowest BCUT2D eigenvalue weighted by atomic mass is 10.1. The van der Waals surface area contributed by atoms with E-state index in [9.17, 15) is 18.0 Å². The minimum absolute atomic E-state index is 0.0350. The molecule has 0 aliphatic heterocycles. The molecule has 1 amide bonds. The summed E-state index contributed by atoms with van der Waals surface area (Å²) >= 11 is 6.90. The second-order valence-electron chi connectivity index (χ2n) is 8.84. The average molecular weight is 605 g/mol. The van der Waals surface area contributed by atoms with Crippen LogP contribution in [0.4, 0.5) is 5.82 Å². The minimum Gasteiger partial charge on any atom is -0.496 e. The van der Waals surface area contributed by atoms with Crippen LogP contribution in [0.25, 0.3) is 10.9 Å². The summed E-state index contributed by atoms with van der Waals surface area (Å²) in [5, 5.41) is 7.93. The molecular formula is C27H29ClN4O6S2. The maximum absolute atomic E-state index is 13.0. The smallest absolute Gasteiger partial charge is 0.306 e. The SMILES string of the molecule is CCCOC(=O)CCC(=O)NCc1cccc(Cn2nc(NS(=O)(=O)c3ccc(Cl)s3)c3c(OC)cccc32)c1. The predicted molar refractivity (Wildman–Crippen MR) is 154 cm³/mol. The van der Waals surface area contributed by atoms with Gasteiger partial charge in [0.1, 0.15) is 9.96 Å². The van der Waals surface area contributed by atoms with Gasteiger partial charge in [-0.15, -0.1) is 11.3 Å². The number of hydrogen-bond donors (Lipinski definition) is 2. The van der Waals surface area contributed by atoms with Crippen LogP contribution in [0.1, 0.15) is 37.3 Å². The summed E-state index contributed by atoms with van der Waals surface area (Å²) in [4.78, 5) is 23.8. The number of ether oxygens (including phenoxy) is 2. The van der Waals surface area contributed by atoms with Crippen LogP contribution in [-0.4, -0.2) is 43.8 Å². The van der Waals surface area contributed by atoms with Crippen LogP contribution in [0.3, 0.4) is 0 Å². The summed E-state index contributed by atoms with van der Waals surface area (Å²) in [6.45, 7) is 2.88. The zero-order valence-corrected chi connectivity index (χ0v) is 24.4. The van der Waals surface area contributed by atoms with E-state index in [1.807, 2.05) is 37.3 Å². The summed E-state index contributed by atoms with van der Waals surface area (Å²) in [7, 11) is -2.41. The number of sulfonamides is 1. The van der Waals surface area contributed by atoms with E-state index >= 15 is 0 Å². The Morgan fingerprint density at radius 3 is 2.58 bits per heavy atom. The number of aromatic nitrogens is 2. The number of carbonyl (C=O) groups excluding carboxylic acids is 2. The highest BCUT2D eigenvalue weighted by Gasteiger charge is 2.23. The molecule has 2 N–H and O–H groups in total. The molecule has 40 heavy (non-hydrogen) atoms. The molecule has 13 heteroatoms. The van der Waals surface area contributed by atoms with Gasteiger partial charge in [-0.1, -0.05) is 48.9 Å². The van der Waals surface area contributed by atoms with Crippen molar-refractivity contribution >= 4 is 61.6 Å². The Morgan fingerprint density at radius 2 is 1.85 bits per heavy atom. The Bertz CT molecular complexity index is 1620. The topological polar surface area (TPSA) is 129 Å². The highest BCUT2D eigenvalue weighted by atomic mass is 35.5. The van der Waals surface area contributed by atoms with Crippen molar-refractivity contribution in [2.24, 2.45) is 0 Å². The number of carbonyl (C=O) groups is 2. The van der Waals surface area contributed by atoms with E-state index in [2.05, 4.69) is 15.1 Å². The maximum atomic E-state index is 13.0. The first-order chi connectivity index (χ1) is 19.2. The molecule has 0 atom stereocenters. The maximum Gasteiger partial charge on any atom is 0.306 e. The van der Waals surface area contributed by atoms with E-state index < -0.39 is 10.0 Å². The Kier molecular flexibility index (Phi) is 9.67. The van der Waals surface area contributed by atoms with Crippen molar-refractivity contribution in [3.05, 3.63) is 70.1 Å². The molecule has 4 rings (SSSR count). The Balaban J connectivity index is 1.50. The minimum atomic E-state index is -3.92. The lowest BCUT2D eigenvalue weighted by Gasteiger charge is -2.09. The van der Waals surface area contributed by atoms with Gasteiger partial charge in [-0.05, 0) is 41.8 Å². The Morgan fingerprint density at radius 1 is 1.07 bits per heavy atom. The third-order valence-corrected chi connectivity index (χ3v) is 8.90. The second-order valence-corrected chi connectivity index (χ2v) is 12.5. The van der Waals surface area contributed by atoms with E-state index in [4.69, 9.17) is 21.1 Å². The van der Waals surface area contributed by atoms with Crippen LogP contribution in [-0.2, 0) is 37.4 Å². The first-order valence-corrected chi connectivity index (χ1v) is 15.2. The van der Waals surface area contributed by atoms with Gasteiger partial charge in [0.05, 0.1) is 41.9 Å². The number of methoxy groups -OCH3 is 1. The van der Waals surface area contributed by atoms with Gasteiger partial charge in [0.25, 0.3) is 10.0 Å². The number of esters is 1. The third kappa shape index (κ3) is 7.32. The number of nitrogens with one attached hydrogen (secondary N) is 2. The summed E-state index contributed by atoms with van der Waals surface area (Å²) in [6, 6.07) is 15.9.